The number of nitrogens with zero attached hydrogens (tertiary/aromatic N) is 5. The van der Waals surface area contributed by atoms with E-state index in [-0.39, 0.29) is 5.91 Å². The Morgan fingerprint density at radius 1 is 1.26 bits per heavy atom. The van der Waals surface area contributed by atoms with Crippen molar-refractivity contribution in [2.45, 2.75) is 19.7 Å². The fourth-order valence-corrected chi connectivity index (χ4v) is 2.94. The van der Waals surface area contributed by atoms with Gasteiger partial charge in [-0.1, -0.05) is 0 Å². The third-order valence-electron chi connectivity index (χ3n) is 4.33. The number of halogens is 3. The zero-order valence-corrected chi connectivity index (χ0v) is 16.3. The molecule has 4 aromatic heterocycles. The normalized spacial score (nSPS) is 12.3. The number of carbonyl (C=O) groups excluding carboxylic acids is 1. The number of aromatic amines is 1. The van der Waals surface area contributed by atoms with Crippen molar-refractivity contribution in [3.05, 3.63) is 48.0 Å². The molecule has 0 radical (unpaired) electrons. The summed E-state index contributed by atoms with van der Waals surface area (Å²) in [4.78, 5) is 27.4. The highest BCUT2D eigenvalue weighted by Crippen LogP contribution is 2.25. The first-order chi connectivity index (χ1) is 14.8. The summed E-state index contributed by atoms with van der Waals surface area (Å²) in [5.41, 5.74) is 2.47. The number of ether oxygens (including phenoxy) is 1. The summed E-state index contributed by atoms with van der Waals surface area (Å²) in [7, 11) is 1.72. The Morgan fingerprint density at radius 3 is 2.77 bits per heavy atom. The largest absolute Gasteiger partial charge is 0.422 e. The van der Waals surface area contributed by atoms with Gasteiger partial charge in [-0.2, -0.15) is 14.5 Å². The van der Waals surface area contributed by atoms with Crippen LogP contribution in [0.2, 0.25) is 0 Å². The van der Waals surface area contributed by atoms with E-state index >= 15 is 0 Å². The number of hydrogen-bond acceptors (Lipinski definition) is 6. The maximum atomic E-state index is 13.1. The fourth-order valence-electron chi connectivity index (χ4n) is 2.94. The maximum absolute atomic E-state index is 13.1. The van der Waals surface area contributed by atoms with E-state index in [0.717, 1.165) is 0 Å². The van der Waals surface area contributed by atoms with Gasteiger partial charge in [0.1, 0.15) is 5.82 Å². The number of anilines is 1. The quantitative estimate of drug-likeness (QED) is 0.485. The van der Waals surface area contributed by atoms with E-state index in [2.05, 4.69) is 35.1 Å². The molecule has 0 aromatic carbocycles. The number of pyridine rings is 1. The van der Waals surface area contributed by atoms with Crippen LogP contribution in [0.15, 0.2) is 36.8 Å². The Morgan fingerprint density at radius 2 is 2.06 bits per heavy atom. The summed E-state index contributed by atoms with van der Waals surface area (Å²) < 4.78 is 43.7. The van der Waals surface area contributed by atoms with E-state index in [1.165, 1.54) is 12.3 Å². The molecule has 1 unspecified atom stereocenters. The van der Waals surface area contributed by atoms with Gasteiger partial charge in [0.25, 0.3) is 5.91 Å². The standard InChI is InChI=1S/C19H16F3N7O2/c1-9-11(8-29(2)28-9)18(30)27-15-6-13-10(7-24-15)5-14(25-13)12-3-4-23-19(26-12)31-17(22)16(20)21/h3-8,16-17,25H,1-2H3,(H,24,27,30). The molecule has 0 bridgehead atoms. The molecule has 0 aliphatic heterocycles. The molecule has 1 atom stereocenters. The highest BCUT2D eigenvalue weighted by molar-refractivity contribution is 6.05. The van der Waals surface area contributed by atoms with Crippen LogP contribution in [0.4, 0.5) is 19.0 Å². The SMILES string of the molecule is Cc1nn(C)cc1C(=O)Nc1cc2[nH]c(-c3ccnc(OC(F)C(F)F)n3)cc2cn1. The van der Waals surface area contributed by atoms with Crippen LogP contribution in [0.5, 0.6) is 6.01 Å². The summed E-state index contributed by atoms with van der Waals surface area (Å²) in [5, 5.41) is 7.56. The molecule has 4 aromatic rings. The molecule has 1 amide bonds. The monoisotopic (exact) mass is 431 g/mol. The second-order valence-corrected chi connectivity index (χ2v) is 6.62. The van der Waals surface area contributed by atoms with Crippen molar-refractivity contribution in [1.29, 1.82) is 0 Å². The Bertz CT molecular complexity index is 1250. The van der Waals surface area contributed by atoms with Crippen LogP contribution in [0, 0.1) is 6.92 Å². The van der Waals surface area contributed by atoms with Crippen molar-refractivity contribution < 1.29 is 22.7 Å². The van der Waals surface area contributed by atoms with Crippen LogP contribution in [-0.4, -0.2) is 48.4 Å². The van der Waals surface area contributed by atoms with Crippen molar-refractivity contribution >= 4 is 22.6 Å². The number of carbonyl (C=O) groups is 1. The second kappa shape index (κ2) is 8.05. The van der Waals surface area contributed by atoms with Crippen molar-refractivity contribution in [1.82, 2.24) is 29.7 Å². The van der Waals surface area contributed by atoms with Crippen LogP contribution in [0.1, 0.15) is 16.1 Å². The van der Waals surface area contributed by atoms with Crippen molar-refractivity contribution in [2.24, 2.45) is 7.05 Å². The Hall–Kier alpha value is -3.96. The van der Waals surface area contributed by atoms with Crippen LogP contribution in [0.3, 0.4) is 0 Å². The molecule has 0 fully saturated rings. The van der Waals surface area contributed by atoms with Gasteiger partial charge in [-0.25, -0.2) is 18.7 Å². The van der Waals surface area contributed by atoms with E-state index in [1.807, 2.05) is 0 Å². The average Bonchev–Trinajstić information content (AvgIpc) is 3.30. The van der Waals surface area contributed by atoms with Gasteiger partial charge in [-0.05, 0) is 19.1 Å². The molecule has 31 heavy (non-hydrogen) atoms. The summed E-state index contributed by atoms with van der Waals surface area (Å²) >= 11 is 0. The average molecular weight is 431 g/mol. The highest BCUT2D eigenvalue weighted by Gasteiger charge is 2.22. The second-order valence-electron chi connectivity index (χ2n) is 6.62. The molecule has 160 valence electrons. The first-order valence-corrected chi connectivity index (χ1v) is 9.03. The summed E-state index contributed by atoms with van der Waals surface area (Å²) in [6.45, 7) is 1.73. The van der Waals surface area contributed by atoms with Crippen LogP contribution in [0.25, 0.3) is 22.3 Å². The molecule has 0 saturated heterocycles. The van der Waals surface area contributed by atoms with E-state index in [1.54, 1.807) is 43.2 Å². The summed E-state index contributed by atoms with van der Waals surface area (Å²) in [6.07, 6.45) is -1.71. The molecule has 4 rings (SSSR count). The van der Waals surface area contributed by atoms with E-state index in [4.69, 9.17) is 0 Å². The fraction of sp³-hybridized carbons (Fsp3) is 0.211. The lowest BCUT2D eigenvalue weighted by atomic mass is 10.2. The van der Waals surface area contributed by atoms with Gasteiger partial charge < -0.3 is 15.0 Å². The molecule has 9 nitrogen and oxygen atoms in total. The van der Waals surface area contributed by atoms with Gasteiger partial charge in [-0.3, -0.25) is 9.48 Å². The lowest BCUT2D eigenvalue weighted by Crippen LogP contribution is -2.20. The first kappa shape index (κ1) is 20.3. The van der Waals surface area contributed by atoms with Gasteiger partial charge in [0.2, 0.25) is 0 Å². The van der Waals surface area contributed by atoms with Gasteiger partial charge in [0.15, 0.2) is 0 Å². The summed E-state index contributed by atoms with van der Waals surface area (Å²) in [5.74, 6) is -0.0281. The minimum atomic E-state index is -3.31. The van der Waals surface area contributed by atoms with Crippen molar-refractivity contribution in [3.8, 4) is 17.4 Å². The topological polar surface area (TPSA) is 111 Å². The van der Waals surface area contributed by atoms with Gasteiger partial charge in [0.05, 0.1) is 28.2 Å². The van der Waals surface area contributed by atoms with E-state index < -0.39 is 18.8 Å². The number of rotatable bonds is 6. The molecule has 2 N–H and O–H groups in total. The number of alkyl halides is 3. The molecule has 12 heteroatoms. The number of amides is 1. The number of aryl methyl sites for hydroxylation is 2. The predicted octanol–water partition coefficient (Wildman–Crippen LogP) is 3.25. The molecule has 0 saturated carbocycles. The molecule has 0 aliphatic rings. The molecule has 0 spiro atoms. The zero-order chi connectivity index (χ0) is 22.1. The van der Waals surface area contributed by atoms with Crippen LogP contribution < -0.4 is 10.1 Å². The lowest BCUT2D eigenvalue weighted by molar-refractivity contribution is -0.0713. The van der Waals surface area contributed by atoms with E-state index in [9.17, 15) is 18.0 Å². The molecule has 4 heterocycles. The Kier molecular flexibility index (Phi) is 5.28. The van der Waals surface area contributed by atoms with Gasteiger partial charge in [-0.15, -0.1) is 0 Å². The number of fused-ring (bicyclic) bond motifs is 1. The van der Waals surface area contributed by atoms with Crippen molar-refractivity contribution in [3.63, 3.8) is 0 Å². The minimum absolute atomic E-state index is 0.305. The minimum Gasteiger partial charge on any atom is -0.422 e. The van der Waals surface area contributed by atoms with E-state index in [0.29, 0.717) is 39.4 Å². The summed E-state index contributed by atoms with van der Waals surface area (Å²) in [6, 6.07) is 4.34. The third kappa shape index (κ3) is 4.32. The number of aromatic nitrogens is 6. The molecular weight excluding hydrogens is 415 g/mol. The first-order valence-electron chi connectivity index (χ1n) is 9.03. The van der Waals surface area contributed by atoms with Gasteiger partial charge in [0, 0.05) is 37.1 Å². The Balaban J connectivity index is 1.57. The Labute approximate surface area is 173 Å². The molecule has 0 aliphatic carbocycles. The predicted molar refractivity (Wildman–Crippen MR) is 105 cm³/mol. The smallest absolute Gasteiger partial charge is 0.319 e. The number of H-pyrrole nitrogens is 1. The van der Waals surface area contributed by atoms with Crippen LogP contribution >= 0.6 is 0 Å². The zero-order valence-electron chi connectivity index (χ0n) is 16.3. The van der Waals surface area contributed by atoms with Crippen molar-refractivity contribution in [2.75, 3.05) is 5.32 Å². The van der Waals surface area contributed by atoms with Crippen LogP contribution in [-0.2, 0) is 7.05 Å². The number of nitrogens with one attached hydrogen (secondary N) is 2. The van der Waals surface area contributed by atoms with Gasteiger partial charge >= 0.3 is 18.8 Å². The highest BCUT2D eigenvalue weighted by atomic mass is 19.3. The maximum Gasteiger partial charge on any atom is 0.319 e. The lowest BCUT2D eigenvalue weighted by Gasteiger charge is -2.08. The molecular formula is C19H16F3N7O2. The number of hydrogen-bond donors (Lipinski definition) is 2. The third-order valence-corrected chi connectivity index (χ3v) is 4.33.